The summed E-state index contributed by atoms with van der Waals surface area (Å²) >= 11 is 0. The maximum absolute atomic E-state index is 8.91. The van der Waals surface area contributed by atoms with Crippen molar-refractivity contribution in [2.24, 2.45) is 0 Å². The van der Waals surface area contributed by atoms with E-state index in [2.05, 4.69) is 36.2 Å². The minimum atomic E-state index is 0.728. The number of aromatic amines is 1. The molecule has 17 heavy (non-hydrogen) atoms. The summed E-state index contributed by atoms with van der Waals surface area (Å²) in [5.41, 5.74) is 3.15. The van der Waals surface area contributed by atoms with Gasteiger partial charge < -0.3 is 9.88 Å². The first-order valence-electron chi connectivity index (χ1n) is 5.85. The molecule has 1 aromatic heterocycles. The molecule has 1 N–H and O–H groups in total. The molecule has 2 rings (SSSR count). The second kappa shape index (κ2) is 5.03. The first-order chi connectivity index (χ1) is 8.20. The Balaban J connectivity index is 2.20. The Bertz CT molecular complexity index is 546. The number of H-pyrrole nitrogens is 1. The Kier molecular flexibility index (Phi) is 3.46. The molecule has 0 radical (unpaired) electrons. The molecule has 0 amide bonds. The van der Waals surface area contributed by atoms with Crippen LogP contribution in [0.25, 0.3) is 10.9 Å². The third-order valence-corrected chi connectivity index (χ3v) is 2.95. The van der Waals surface area contributed by atoms with Gasteiger partial charge in [0.25, 0.3) is 0 Å². The van der Waals surface area contributed by atoms with Gasteiger partial charge in [0.05, 0.1) is 11.6 Å². The van der Waals surface area contributed by atoms with Crippen LogP contribution in [0.1, 0.15) is 17.5 Å². The van der Waals surface area contributed by atoms with Gasteiger partial charge in [-0.1, -0.05) is 0 Å². The number of hydrogen-bond acceptors (Lipinski definition) is 2. The summed E-state index contributed by atoms with van der Waals surface area (Å²) in [6.45, 7) is 1.09. The highest BCUT2D eigenvalue weighted by atomic mass is 15.0. The van der Waals surface area contributed by atoms with Gasteiger partial charge in [0.1, 0.15) is 0 Å². The number of benzene rings is 1. The number of fused-ring (bicyclic) bond motifs is 1. The maximum atomic E-state index is 8.91. The zero-order valence-electron chi connectivity index (χ0n) is 10.3. The highest BCUT2D eigenvalue weighted by Crippen LogP contribution is 2.20. The van der Waals surface area contributed by atoms with Crippen molar-refractivity contribution in [1.29, 1.82) is 5.26 Å². The Labute approximate surface area is 102 Å². The number of rotatable bonds is 4. The molecule has 88 valence electrons. The van der Waals surface area contributed by atoms with Crippen molar-refractivity contribution in [3.8, 4) is 6.07 Å². The molecular formula is C14H17N3. The molecule has 0 aliphatic heterocycles. The molecule has 0 fully saturated rings. The Morgan fingerprint density at radius 3 is 2.88 bits per heavy atom. The van der Waals surface area contributed by atoms with Gasteiger partial charge in [-0.15, -0.1) is 0 Å². The third-order valence-electron chi connectivity index (χ3n) is 2.95. The van der Waals surface area contributed by atoms with E-state index in [1.807, 2.05) is 18.2 Å². The number of nitrogens with zero attached hydrogens (tertiary/aromatic N) is 2. The lowest BCUT2D eigenvalue weighted by molar-refractivity contribution is 0.400. The summed E-state index contributed by atoms with van der Waals surface area (Å²) in [6, 6.07) is 7.98. The highest BCUT2D eigenvalue weighted by Gasteiger charge is 2.04. The van der Waals surface area contributed by atoms with Crippen LogP contribution in [0.3, 0.4) is 0 Å². The van der Waals surface area contributed by atoms with E-state index >= 15 is 0 Å². The van der Waals surface area contributed by atoms with Gasteiger partial charge in [-0.3, -0.25) is 0 Å². The van der Waals surface area contributed by atoms with E-state index in [-0.39, 0.29) is 0 Å². The quantitative estimate of drug-likeness (QED) is 0.872. The lowest BCUT2D eigenvalue weighted by atomic mass is 10.1. The van der Waals surface area contributed by atoms with Crippen molar-refractivity contribution in [3.63, 3.8) is 0 Å². The molecule has 0 aliphatic carbocycles. The Hall–Kier alpha value is -1.79. The lowest BCUT2D eigenvalue weighted by Crippen LogP contribution is -2.13. The van der Waals surface area contributed by atoms with Crippen LogP contribution < -0.4 is 0 Å². The van der Waals surface area contributed by atoms with E-state index in [9.17, 15) is 0 Å². The summed E-state index contributed by atoms with van der Waals surface area (Å²) < 4.78 is 0. The fourth-order valence-corrected chi connectivity index (χ4v) is 2.04. The summed E-state index contributed by atoms with van der Waals surface area (Å²) in [6.07, 6.45) is 4.24. The molecule has 1 heterocycles. The number of hydrogen-bond donors (Lipinski definition) is 1. The molecule has 0 atom stereocenters. The van der Waals surface area contributed by atoms with Crippen molar-refractivity contribution >= 4 is 10.9 Å². The first kappa shape index (κ1) is 11.7. The van der Waals surface area contributed by atoms with Crippen LogP contribution in [0.15, 0.2) is 24.4 Å². The van der Waals surface area contributed by atoms with Crippen LogP contribution in [0.2, 0.25) is 0 Å². The largest absolute Gasteiger partial charge is 0.361 e. The van der Waals surface area contributed by atoms with E-state index < -0.39 is 0 Å². The molecule has 1 aromatic carbocycles. The van der Waals surface area contributed by atoms with E-state index in [1.165, 1.54) is 10.9 Å². The first-order valence-corrected chi connectivity index (χ1v) is 5.85. The zero-order chi connectivity index (χ0) is 12.3. The minimum absolute atomic E-state index is 0.728. The molecule has 2 aromatic rings. The second-order valence-corrected chi connectivity index (χ2v) is 4.59. The van der Waals surface area contributed by atoms with Gasteiger partial charge in [0, 0.05) is 17.1 Å². The third kappa shape index (κ3) is 2.66. The number of nitrogens with one attached hydrogen (secondary N) is 1. The molecule has 0 unspecified atom stereocenters. The average Bonchev–Trinajstić information content (AvgIpc) is 2.71. The normalized spacial score (nSPS) is 10.9. The zero-order valence-corrected chi connectivity index (χ0v) is 10.3. The van der Waals surface area contributed by atoms with Crippen molar-refractivity contribution in [1.82, 2.24) is 9.88 Å². The Morgan fingerprint density at radius 2 is 2.18 bits per heavy atom. The standard InChI is InChI=1S/C14H17N3/c1-17(2)7-3-4-12-10-16-14-6-5-11(9-15)8-13(12)14/h5-6,8,10,16H,3-4,7H2,1-2H3. The highest BCUT2D eigenvalue weighted by molar-refractivity contribution is 5.84. The van der Waals surface area contributed by atoms with Gasteiger partial charge in [-0.2, -0.15) is 5.26 Å². The summed E-state index contributed by atoms with van der Waals surface area (Å²) in [5.74, 6) is 0. The van der Waals surface area contributed by atoms with Crippen molar-refractivity contribution < 1.29 is 0 Å². The Morgan fingerprint density at radius 1 is 1.35 bits per heavy atom. The van der Waals surface area contributed by atoms with Gasteiger partial charge in [0.15, 0.2) is 0 Å². The van der Waals surface area contributed by atoms with Crippen molar-refractivity contribution in [2.75, 3.05) is 20.6 Å². The molecule has 0 saturated carbocycles. The van der Waals surface area contributed by atoms with Crippen LogP contribution in [-0.4, -0.2) is 30.5 Å². The van der Waals surface area contributed by atoms with Crippen molar-refractivity contribution in [3.05, 3.63) is 35.5 Å². The van der Waals surface area contributed by atoms with E-state index in [0.717, 1.165) is 30.5 Å². The summed E-state index contributed by atoms with van der Waals surface area (Å²) in [5, 5.41) is 10.1. The predicted octanol–water partition coefficient (Wildman–Crippen LogP) is 2.53. The summed E-state index contributed by atoms with van der Waals surface area (Å²) in [4.78, 5) is 5.44. The predicted molar refractivity (Wildman–Crippen MR) is 69.9 cm³/mol. The van der Waals surface area contributed by atoms with Gasteiger partial charge in [0.2, 0.25) is 0 Å². The summed E-state index contributed by atoms with van der Waals surface area (Å²) in [7, 11) is 4.17. The van der Waals surface area contributed by atoms with Crippen LogP contribution in [0, 0.1) is 11.3 Å². The smallest absolute Gasteiger partial charge is 0.0991 e. The van der Waals surface area contributed by atoms with E-state index in [0.29, 0.717) is 0 Å². The van der Waals surface area contributed by atoms with Crippen molar-refractivity contribution in [2.45, 2.75) is 12.8 Å². The number of nitriles is 1. The molecule has 3 nitrogen and oxygen atoms in total. The van der Waals surface area contributed by atoms with Crippen LogP contribution in [0.5, 0.6) is 0 Å². The lowest BCUT2D eigenvalue weighted by Gasteiger charge is -2.08. The van der Waals surface area contributed by atoms with Gasteiger partial charge in [-0.05, 0) is 57.2 Å². The number of aryl methyl sites for hydroxylation is 1. The number of aromatic nitrogens is 1. The fourth-order valence-electron chi connectivity index (χ4n) is 2.04. The molecule has 0 bridgehead atoms. The average molecular weight is 227 g/mol. The molecule has 0 aliphatic rings. The molecular weight excluding hydrogens is 210 g/mol. The maximum Gasteiger partial charge on any atom is 0.0991 e. The molecule has 0 spiro atoms. The fraction of sp³-hybridized carbons (Fsp3) is 0.357. The molecule has 3 heteroatoms. The second-order valence-electron chi connectivity index (χ2n) is 4.59. The van der Waals surface area contributed by atoms with Crippen LogP contribution >= 0.6 is 0 Å². The van der Waals surface area contributed by atoms with Crippen LogP contribution in [0.4, 0.5) is 0 Å². The SMILES string of the molecule is CN(C)CCCc1c[nH]c2ccc(C#N)cc12. The van der Waals surface area contributed by atoms with Crippen LogP contribution in [-0.2, 0) is 6.42 Å². The van der Waals surface area contributed by atoms with Gasteiger partial charge >= 0.3 is 0 Å². The minimum Gasteiger partial charge on any atom is -0.361 e. The molecule has 0 saturated heterocycles. The monoisotopic (exact) mass is 227 g/mol. The van der Waals surface area contributed by atoms with E-state index in [4.69, 9.17) is 5.26 Å². The van der Waals surface area contributed by atoms with E-state index in [1.54, 1.807) is 0 Å². The topological polar surface area (TPSA) is 42.8 Å². The van der Waals surface area contributed by atoms with Gasteiger partial charge in [-0.25, -0.2) is 0 Å².